The smallest absolute Gasteiger partial charge is 0.277 e. The number of rotatable bonds is 8. The molecule has 2 aromatic rings. The molecule has 0 radical (unpaired) electrons. The molecule has 5 nitrogen and oxygen atoms in total. The molecule has 0 aliphatic carbocycles. The van der Waals surface area contributed by atoms with Gasteiger partial charge in [0.15, 0.2) is 11.5 Å². The number of nitrogens with two attached hydrogens (primary N) is 1. The van der Waals surface area contributed by atoms with E-state index in [1.807, 2.05) is 6.92 Å². The van der Waals surface area contributed by atoms with Crippen LogP contribution in [0.1, 0.15) is 17.3 Å². The summed E-state index contributed by atoms with van der Waals surface area (Å²) in [4.78, 5) is 12.2. The fourth-order valence-electron chi connectivity index (χ4n) is 2.05. The Morgan fingerprint density at radius 2 is 1.65 bits per heavy atom. The van der Waals surface area contributed by atoms with Crippen LogP contribution in [0.3, 0.4) is 0 Å². The molecule has 2 aromatic carbocycles. The highest BCUT2D eigenvalue weighted by atomic mass is 35.5. The van der Waals surface area contributed by atoms with Crippen molar-refractivity contribution >= 4 is 18.3 Å². The van der Waals surface area contributed by atoms with E-state index in [0.29, 0.717) is 18.1 Å². The number of para-hydroxylation sites is 3. The molecule has 142 valence electrons. The minimum absolute atomic E-state index is 0. The van der Waals surface area contributed by atoms with Crippen LogP contribution in [0.25, 0.3) is 0 Å². The molecule has 0 aromatic heterocycles. The highest BCUT2D eigenvalue weighted by Crippen LogP contribution is 2.33. The summed E-state index contributed by atoms with van der Waals surface area (Å²) in [5.41, 5.74) is 5.11. The van der Waals surface area contributed by atoms with E-state index in [1.165, 1.54) is 6.07 Å². The monoisotopic (exact) mass is 386 g/mol. The minimum Gasteiger partial charge on any atom is -0.490 e. The van der Waals surface area contributed by atoms with Crippen molar-refractivity contribution in [2.24, 2.45) is 5.73 Å². The highest BCUT2D eigenvalue weighted by molar-refractivity contribution is 5.97. The number of nitrogens with one attached hydrogen (secondary N) is 1. The second-order valence-corrected chi connectivity index (χ2v) is 5.22. The zero-order chi connectivity index (χ0) is 18.3. The first kappa shape index (κ1) is 21.7. The molecule has 0 bridgehead atoms. The summed E-state index contributed by atoms with van der Waals surface area (Å²) in [6.45, 7) is 0.617. The Kier molecular flexibility index (Phi) is 8.28. The minimum atomic E-state index is -3.16. The Hall–Kier alpha value is -2.38. The van der Waals surface area contributed by atoms with E-state index in [1.54, 1.807) is 42.5 Å². The topological polar surface area (TPSA) is 73.6 Å². The lowest BCUT2D eigenvalue weighted by molar-refractivity contribution is 0.0118. The lowest BCUT2D eigenvalue weighted by Gasteiger charge is -2.16. The molecule has 0 unspecified atom stereocenters. The van der Waals surface area contributed by atoms with Crippen LogP contribution in [-0.2, 0) is 0 Å². The van der Waals surface area contributed by atoms with Gasteiger partial charge in [-0.25, -0.2) is 8.78 Å². The average Bonchev–Trinajstić information content (AvgIpc) is 2.62. The predicted molar refractivity (Wildman–Crippen MR) is 97.7 cm³/mol. The third-order valence-corrected chi connectivity index (χ3v) is 3.31. The maximum atomic E-state index is 13.2. The van der Waals surface area contributed by atoms with Crippen LogP contribution in [0, 0.1) is 0 Å². The van der Waals surface area contributed by atoms with E-state index in [0.717, 1.165) is 0 Å². The van der Waals surface area contributed by atoms with Gasteiger partial charge < -0.3 is 20.5 Å². The Morgan fingerprint density at radius 1 is 1.08 bits per heavy atom. The van der Waals surface area contributed by atoms with Crippen LogP contribution in [0.5, 0.6) is 17.2 Å². The van der Waals surface area contributed by atoms with E-state index in [4.69, 9.17) is 15.2 Å². The maximum absolute atomic E-state index is 13.2. The number of ether oxygens (including phenoxy) is 2. The van der Waals surface area contributed by atoms with Crippen molar-refractivity contribution in [3.8, 4) is 17.2 Å². The summed E-state index contributed by atoms with van der Waals surface area (Å²) in [5.74, 6) is -2.64. The summed E-state index contributed by atoms with van der Waals surface area (Å²) in [6, 6.07) is 13.4. The molecule has 0 aliphatic heterocycles. The fourth-order valence-corrected chi connectivity index (χ4v) is 2.05. The van der Waals surface area contributed by atoms with Gasteiger partial charge in [0, 0.05) is 0 Å². The Morgan fingerprint density at radius 3 is 2.27 bits per heavy atom. The molecule has 0 heterocycles. The first-order valence-corrected chi connectivity index (χ1v) is 7.81. The second-order valence-electron chi connectivity index (χ2n) is 5.22. The summed E-state index contributed by atoms with van der Waals surface area (Å²) < 4.78 is 37.7. The van der Waals surface area contributed by atoms with Crippen molar-refractivity contribution in [1.29, 1.82) is 0 Å². The molecule has 3 N–H and O–H groups in total. The highest BCUT2D eigenvalue weighted by Gasteiger charge is 2.28. The molecular weight excluding hydrogens is 366 g/mol. The number of hydrogen-bond donors (Lipinski definition) is 2. The lowest BCUT2D eigenvalue weighted by Crippen LogP contribution is -2.41. The van der Waals surface area contributed by atoms with Crippen molar-refractivity contribution in [3.05, 3.63) is 54.1 Å². The summed E-state index contributed by atoms with van der Waals surface area (Å²) in [5, 5.41) is 2.18. The molecule has 0 aliphatic rings. The van der Waals surface area contributed by atoms with Crippen molar-refractivity contribution in [3.63, 3.8) is 0 Å². The zero-order valence-electron chi connectivity index (χ0n) is 14.2. The third kappa shape index (κ3) is 5.86. The quantitative estimate of drug-likeness (QED) is 0.726. The standard InChI is InChI=1S/C18H20F2N2O3.ClH/c1-2-24-15-9-5-6-10-16(15)25-14-8-4-3-7-13(14)17(23)22-12-18(19,20)11-21;/h3-10H,2,11-12,21H2,1H3,(H,22,23);1H. The van der Waals surface area contributed by atoms with Gasteiger partial charge >= 0.3 is 0 Å². The van der Waals surface area contributed by atoms with Crippen LogP contribution in [-0.4, -0.2) is 31.5 Å². The van der Waals surface area contributed by atoms with Gasteiger partial charge in [-0.05, 0) is 31.2 Å². The van der Waals surface area contributed by atoms with Gasteiger partial charge in [0.1, 0.15) is 5.75 Å². The summed E-state index contributed by atoms with van der Waals surface area (Å²) in [7, 11) is 0. The Labute approximate surface area is 156 Å². The van der Waals surface area contributed by atoms with E-state index in [9.17, 15) is 13.6 Å². The van der Waals surface area contributed by atoms with Crippen molar-refractivity contribution < 1.29 is 23.0 Å². The number of amides is 1. The summed E-state index contributed by atoms with van der Waals surface area (Å²) in [6.07, 6.45) is 0. The number of hydrogen-bond acceptors (Lipinski definition) is 4. The Balaban J connectivity index is 0.00000338. The van der Waals surface area contributed by atoms with Crippen LogP contribution < -0.4 is 20.5 Å². The number of halogens is 3. The maximum Gasteiger partial charge on any atom is 0.277 e. The SMILES string of the molecule is CCOc1ccccc1Oc1ccccc1C(=O)NCC(F)(F)CN.Cl. The normalized spacial score (nSPS) is 10.6. The van der Waals surface area contributed by atoms with Crippen molar-refractivity contribution in [2.75, 3.05) is 19.7 Å². The molecule has 0 spiro atoms. The molecule has 26 heavy (non-hydrogen) atoms. The summed E-state index contributed by atoms with van der Waals surface area (Å²) >= 11 is 0. The van der Waals surface area contributed by atoms with Gasteiger partial charge in [-0.15, -0.1) is 12.4 Å². The number of alkyl halides is 2. The van der Waals surface area contributed by atoms with Crippen LogP contribution >= 0.6 is 12.4 Å². The molecule has 1 amide bonds. The van der Waals surface area contributed by atoms with E-state index in [2.05, 4.69) is 5.32 Å². The second kappa shape index (κ2) is 9.94. The lowest BCUT2D eigenvalue weighted by atomic mass is 10.2. The third-order valence-electron chi connectivity index (χ3n) is 3.31. The Bertz CT molecular complexity index is 729. The average molecular weight is 387 g/mol. The molecule has 8 heteroatoms. The van der Waals surface area contributed by atoms with Gasteiger partial charge in [-0.1, -0.05) is 24.3 Å². The predicted octanol–water partition coefficient (Wildman–Crippen LogP) is 3.62. The van der Waals surface area contributed by atoms with Gasteiger partial charge in [0.2, 0.25) is 0 Å². The van der Waals surface area contributed by atoms with E-state index < -0.39 is 24.9 Å². The van der Waals surface area contributed by atoms with E-state index in [-0.39, 0.29) is 23.7 Å². The molecule has 0 saturated carbocycles. The van der Waals surface area contributed by atoms with Crippen LogP contribution in [0.15, 0.2) is 48.5 Å². The van der Waals surface area contributed by atoms with Crippen LogP contribution in [0.2, 0.25) is 0 Å². The van der Waals surface area contributed by atoms with E-state index >= 15 is 0 Å². The molecule has 0 saturated heterocycles. The van der Waals surface area contributed by atoms with Crippen molar-refractivity contribution in [2.45, 2.75) is 12.8 Å². The van der Waals surface area contributed by atoms with Gasteiger partial charge in [0.05, 0.1) is 25.3 Å². The molecule has 0 fully saturated rings. The molecular formula is C18H21ClF2N2O3. The number of carbonyl (C=O) groups is 1. The zero-order valence-corrected chi connectivity index (χ0v) is 15.0. The molecule has 2 rings (SSSR count). The van der Waals surface area contributed by atoms with Gasteiger partial charge in [-0.2, -0.15) is 0 Å². The fraction of sp³-hybridized carbons (Fsp3) is 0.278. The number of benzene rings is 2. The largest absolute Gasteiger partial charge is 0.490 e. The first-order chi connectivity index (χ1) is 12.0. The molecule has 0 atom stereocenters. The van der Waals surface area contributed by atoms with Gasteiger partial charge in [0.25, 0.3) is 11.8 Å². The van der Waals surface area contributed by atoms with Crippen LogP contribution in [0.4, 0.5) is 8.78 Å². The number of carbonyl (C=O) groups excluding carboxylic acids is 1. The van der Waals surface area contributed by atoms with Crippen molar-refractivity contribution in [1.82, 2.24) is 5.32 Å². The first-order valence-electron chi connectivity index (χ1n) is 7.81. The van der Waals surface area contributed by atoms with Gasteiger partial charge in [-0.3, -0.25) is 4.79 Å².